The van der Waals surface area contributed by atoms with Crippen LogP contribution < -0.4 is 0 Å². The molecule has 1 aliphatic rings. The van der Waals surface area contributed by atoms with E-state index in [1.165, 1.54) is 36.5 Å². The Balaban J connectivity index is 2.13. The molecular formula is C24H31Cl2N3O6S2Si. The number of rotatable bonds is 7. The lowest BCUT2D eigenvalue weighted by Gasteiger charge is -2.43. The van der Waals surface area contributed by atoms with Gasteiger partial charge >= 0.3 is 0 Å². The predicted octanol–water partition coefficient (Wildman–Crippen LogP) is 4.25. The maximum Gasteiger partial charge on any atom is 0.244 e. The molecule has 1 aromatic carbocycles. The van der Waals surface area contributed by atoms with Gasteiger partial charge < -0.3 is 9.53 Å². The normalized spacial score (nSPS) is 22.3. The van der Waals surface area contributed by atoms with Gasteiger partial charge in [0.05, 0.1) is 27.8 Å². The molecule has 3 rings (SSSR count). The number of aliphatic hydroxyl groups is 1. The van der Waals surface area contributed by atoms with Crippen LogP contribution in [0.2, 0.25) is 28.2 Å². The Morgan fingerprint density at radius 2 is 1.84 bits per heavy atom. The molecule has 0 aliphatic carbocycles. The molecule has 0 spiro atoms. The summed E-state index contributed by atoms with van der Waals surface area (Å²) in [6.45, 7) is 10.4. The van der Waals surface area contributed by atoms with E-state index < -0.39 is 58.2 Å². The van der Waals surface area contributed by atoms with Crippen LogP contribution in [0.1, 0.15) is 33.3 Å². The minimum atomic E-state index is -4.37. The fourth-order valence-corrected chi connectivity index (χ4v) is 9.64. The first kappa shape index (κ1) is 31.0. The second-order valence-corrected chi connectivity index (χ2v) is 20.5. The highest BCUT2D eigenvalue weighted by atomic mass is 35.5. The van der Waals surface area contributed by atoms with Gasteiger partial charge in [0, 0.05) is 19.3 Å². The van der Waals surface area contributed by atoms with E-state index in [0.29, 0.717) is 0 Å². The molecule has 1 fully saturated rings. The Morgan fingerprint density at radius 1 is 1.21 bits per heavy atom. The van der Waals surface area contributed by atoms with Gasteiger partial charge in [-0.05, 0) is 55.4 Å². The van der Waals surface area contributed by atoms with Crippen LogP contribution in [-0.2, 0) is 24.3 Å². The molecule has 1 N–H and O–H groups in total. The van der Waals surface area contributed by atoms with Crippen molar-refractivity contribution in [1.82, 2.24) is 9.29 Å². The number of benzene rings is 1. The second kappa shape index (κ2) is 10.4. The molecule has 0 unspecified atom stereocenters. The van der Waals surface area contributed by atoms with Gasteiger partial charge in [-0.25, -0.2) is 21.8 Å². The van der Waals surface area contributed by atoms with E-state index in [0.717, 1.165) is 4.31 Å². The highest BCUT2D eigenvalue weighted by Crippen LogP contribution is 2.43. The van der Waals surface area contributed by atoms with Crippen molar-refractivity contribution in [2.75, 3.05) is 13.1 Å². The zero-order chi connectivity index (χ0) is 28.9. The molecule has 1 saturated heterocycles. The Kier molecular flexibility index (Phi) is 8.51. The minimum absolute atomic E-state index is 0.164. The fraction of sp³-hybridized carbons (Fsp3) is 0.500. The average Bonchev–Trinajstić information content (AvgIpc) is 3.18. The van der Waals surface area contributed by atoms with Crippen LogP contribution in [0.15, 0.2) is 46.5 Å². The molecule has 1 aromatic heterocycles. The van der Waals surface area contributed by atoms with Crippen LogP contribution in [0.4, 0.5) is 0 Å². The van der Waals surface area contributed by atoms with Crippen molar-refractivity contribution >= 4 is 51.4 Å². The van der Waals surface area contributed by atoms with E-state index in [2.05, 4.69) is 4.98 Å². The average molecular weight is 621 g/mol. The Bertz CT molecular complexity index is 1470. The number of hydrogen-bond acceptors (Lipinski definition) is 8. The first-order chi connectivity index (χ1) is 17.3. The van der Waals surface area contributed by atoms with Crippen LogP contribution in [0.5, 0.6) is 0 Å². The summed E-state index contributed by atoms with van der Waals surface area (Å²) in [6.07, 6.45) is 0.121. The van der Waals surface area contributed by atoms with E-state index in [1.54, 1.807) is 6.92 Å². The first-order valence-corrected chi connectivity index (χ1v) is 18.4. The standard InChI is InChI=1S/C24H31Cl2N3O6S2Si/c1-16(35-38(5,6)23(2,3)4)24(30)15-29(37(33,34)20-9-7-17(12-27)11-19(20)26)14-21(24)36(31,32)22-10-8-18(25)13-28-22/h7-11,13,16,21,30H,14-15H2,1-6H3/t16-,21+,24-/m0/s1. The van der Waals surface area contributed by atoms with Gasteiger partial charge in [-0.1, -0.05) is 44.0 Å². The molecule has 2 heterocycles. The molecule has 1 aliphatic heterocycles. The molecule has 208 valence electrons. The summed E-state index contributed by atoms with van der Waals surface area (Å²) >= 11 is 12.1. The van der Waals surface area contributed by atoms with Gasteiger partial charge in [0.15, 0.2) is 13.3 Å². The number of sulfonamides is 1. The van der Waals surface area contributed by atoms with E-state index in [1.807, 2.05) is 39.9 Å². The smallest absolute Gasteiger partial charge is 0.244 e. The van der Waals surface area contributed by atoms with Crippen LogP contribution in [0.25, 0.3) is 0 Å². The lowest BCUT2D eigenvalue weighted by atomic mass is 9.97. The zero-order valence-corrected chi connectivity index (χ0v) is 26.1. The van der Waals surface area contributed by atoms with Crippen molar-refractivity contribution < 1.29 is 26.4 Å². The number of halogens is 2. The molecular weight excluding hydrogens is 589 g/mol. The van der Waals surface area contributed by atoms with Crippen molar-refractivity contribution in [1.29, 1.82) is 5.26 Å². The minimum Gasteiger partial charge on any atom is -0.411 e. The molecule has 0 radical (unpaired) electrons. The van der Waals surface area contributed by atoms with E-state index in [9.17, 15) is 21.9 Å². The van der Waals surface area contributed by atoms with Gasteiger partial charge in [-0.3, -0.25) is 0 Å². The van der Waals surface area contributed by atoms with Gasteiger partial charge in [0.25, 0.3) is 0 Å². The summed E-state index contributed by atoms with van der Waals surface area (Å²) < 4.78 is 62.2. The SMILES string of the molecule is C[C@H](O[Si](C)(C)C(C)(C)C)[C@@]1(O)CN(S(=O)(=O)c2ccc(C#N)cc2Cl)C[C@H]1S(=O)(=O)c1ccc(Cl)cn1. The monoisotopic (exact) mass is 619 g/mol. The van der Waals surface area contributed by atoms with Crippen LogP contribution in [0, 0.1) is 11.3 Å². The number of nitrogens with zero attached hydrogens (tertiary/aromatic N) is 3. The maximum atomic E-state index is 13.8. The van der Waals surface area contributed by atoms with Gasteiger partial charge in [-0.2, -0.15) is 9.57 Å². The number of β-amino-alcohol motifs (C(OH)–C–C–N with tert-alkyl or cyclic N) is 1. The van der Waals surface area contributed by atoms with Crippen molar-refractivity contribution in [3.05, 3.63) is 52.1 Å². The van der Waals surface area contributed by atoms with Crippen LogP contribution in [0.3, 0.4) is 0 Å². The Labute approximate surface area is 235 Å². The molecule has 0 bridgehead atoms. The molecule has 0 amide bonds. The number of nitriles is 1. The van der Waals surface area contributed by atoms with E-state index >= 15 is 0 Å². The predicted molar refractivity (Wildman–Crippen MR) is 148 cm³/mol. The van der Waals surface area contributed by atoms with Crippen LogP contribution >= 0.6 is 23.2 Å². The summed E-state index contributed by atoms with van der Waals surface area (Å²) in [5.41, 5.74) is -1.96. The highest BCUT2D eigenvalue weighted by Gasteiger charge is 2.59. The Hall–Kier alpha value is -1.56. The summed E-state index contributed by atoms with van der Waals surface area (Å²) in [5, 5.41) is 18.9. The third-order valence-electron chi connectivity index (χ3n) is 7.38. The first-order valence-electron chi connectivity index (χ1n) is 11.7. The number of sulfone groups is 1. The molecule has 2 aromatic rings. The summed E-state index contributed by atoms with van der Waals surface area (Å²) in [7, 11) is -11.3. The number of pyridine rings is 1. The van der Waals surface area contributed by atoms with E-state index in [-0.39, 0.29) is 30.6 Å². The van der Waals surface area contributed by atoms with Gasteiger partial charge in [0.2, 0.25) is 19.9 Å². The zero-order valence-electron chi connectivity index (χ0n) is 21.9. The summed E-state index contributed by atoms with van der Waals surface area (Å²) in [4.78, 5) is 3.62. The Morgan fingerprint density at radius 3 is 2.34 bits per heavy atom. The molecule has 3 atom stereocenters. The third kappa shape index (κ3) is 5.67. The third-order valence-corrected chi connectivity index (χ3v) is 16.6. The second-order valence-electron chi connectivity index (χ2n) is 10.9. The molecule has 9 nitrogen and oxygen atoms in total. The molecule has 38 heavy (non-hydrogen) atoms. The van der Waals surface area contributed by atoms with Crippen molar-refractivity contribution in [3.63, 3.8) is 0 Å². The largest absolute Gasteiger partial charge is 0.411 e. The van der Waals surface area contributed by atoms with Crippen LogP contribution in [-0.4, -0.2) is 69.6 Å². The maximum absolute atomic E-state index is 13.8. The lowest BCUT2D eigenvalue weighted by molar-refractivity contribution is -0.0446. The number of hydrogen-bond donors (Lipinski definition) is 1. The summed E-state index contributed by atoms with van der Waals surface area (Å²) in [5.74, 6) is 0. The van der Waals surface area contributed by atoms with E-state index in [4.69, 9.17) is 32.9 Å². The van der Waals surface area contributed by atoms with Gasteiger partial charge in [-0.15, -0.1) is 0 Å². The summed E-state index contributed by atoms with van der Waals surface area (Å²) in [6, 6.07) is 8.16. The topological polar surface area (TPSA) is 138 Å². The molecule has 14 heteroatoms. The lowest BCUT2D eigenvalue weighted by Crippen LogP contribution is -2.58. The van der Waals surface area contributed by atoms with Crippen molar-refractivity contribution in [2.45, 2.75) is 72.7 Å². The van der Waals surface area contributed by atoms with Gasteiger partial charge in [0.1, 0.15) is 15.7 Å². The van der Waals surface area contributed by atoms with Crippen molar-refractivity contribution in [3.8, 4) is 6.07 Å². The number of aromatic nitrogens is 1. The van der Waals surface area contributed by atoms with Crippen molar-refractivity contribution in [2.24, 2.45) is 0 Å². The highest BCUT2D eigenvalue weighted by molar-refractivity contribution is 7.92. The molecule has 0 saturated carbocycles. The quantitative estimate of drug-likeness (QED) is 0.454. The fourth-order valence-electron chi connectivity index (χ4n) is 4.05.